The second-order valence-corrected chi connectivity index (χ2v) is 17.5. The normalized spacial score (nSPS) is 41.0. The van der Waals surface area contributed by atoms with E-state index < -0.39 is 0 Å². The van der Waals surface area contributed by atoms with Gasteiger partial charge in [-0.15, -0.1) is 0 Å². The molecule has 0 saturated heterocycles. The van der Waals surface area contributed by atoms with E-state index in [4.69, 9.17) is 0 Å². The third kappa shape index (κ3) is 2.80. The van der Waals surface area contributed by atoms with E-state index in [-0.39, 0.29) is 0 Å². The van der Waals surface area contributed by atoms with Gasteiger partial charge in [0.2, 0.25) is 0 Å². The Balaban J connectivity index is 0.962. The summed E-state index contributed by atoms with van der Waals surface area (Å²) in [6, 6.07) is 34.0. The van der Waals surface area contributed by atoms with Crippen LogP contribution in [0.2, 0.25) is 0 Å². The van der Waals surface area contributed by atoms with Crippen LogP contribution in [0.1, 0.15) is 62.5 Å². The van der Waals surface area contributed by atoms with E-state index in [2.05, 4.69) is 108 Å². The number of benzene rings is 4. The van der Waals surface area contributed by atoms with Crippen molar-refractivity contribution in [1.29, 1.82) is 0 Å². The van der Waals surface area contributed by atoms with E-state index in [1.54, 1.807) is 11.1 Å². The zero-order valence-electron chi connectivity index (χ0n) is 28.3. The number of hydrogen-bond donors (Lipinski definition) is 0. The molecule has 7 saturated carbocycles. The summed E-state index contributed by atoms with van der Waals surface area (Å²) in [6.45, 7) is 6.69. The van der Waals surface area contributed by atoms with Crippen molar-refractivity contribution in [2.75, 3.05) is 0 Å². The van der Waals surface area contributed by atoms with Crippen LogP contribution in [0.3, 0.4) is 0 Å². The maximum Gasteiger partial charge on any atom is 0.0491 e. The highest BCUT2D eigenvalue weighted by Gasteiger charge is 2.86. The molecule has 2 heterocycles. The minimum Gasteiger partial charge on any atom is -0.341 e. The Labute approximate surface area is 283 Å². The molecule has 0 amide bonds. The lowest BCUT2D eigenvalue weighted by Gasteiger charge is -2.56. The lowest BCUT2D eigenvalue weighted by Crippen LogP contribution is -2.50. The molecule has 14 unspecified atom stereocenters. The van der Waals surface area contributed by atoms with Crippen molar-refractivity contribution in [2.45, 2.75) is 64.5 Å². The van der Waals surface area contributed by atoms with Gasteiger partial charge in [-0.25, -0.2) is 0 Å². The number of hydrogen-bond acceptors (Lipinski definition) is 0. The first kappa shape index (κ1) is 26.4. The van der Waals surface area contributed by atoms with Gasteiger partial charge in [-0.2, -0.15) is 0 Å². The largest absolute Gasteiger partial charge is 0.341 e. The molecule has 0 radical (unpaired) electrons. The first-order chi connectivity index (χ1) is 23.8. The number of aryl methyl sites for hydroxylation is 2. The van der Waals surface area contributed by atoms with Crippen molar-refractivity contribution >= 4 is 43.6 Å². The topological polar surface area (TPSA) is 9.86 Å². The molecule has 0 spiro atoms. The Morgan fingerprint density at radius 2 is 0.833 bits per heavy atom. The molecule has 2 aromatic heterocycles. The fraction of sp³-hybridized carbons (Fsp3) is 0.478. The Bertz CT molecular complexity index is 2350. The van der Waals surface area contributed by atoms with Gasteiger partial charge in [-0.05, 0) is 157 Å². The lowest BCUT2D eigenvalue weighted by atomic mass is 9.48. The van der Waals surface area contributed by atoms with E-state index in [1.165, 1.54) is 69.3 Å². The monoisotopic (exact) mass is 626 g/mol. The predicted molar refractivity (Wildman–Crippen MR) is 196 cm³/mol. The number of nitrogens with zero attached hydrogens (tertiary/aromatic N) is 2. The molecule has 7 aliphatic carbocycles. The predicted octanol–water partition coefficient (Wildman–Crippen LogP) is 10.9. The molecule has 7 aliphatic rings. The third-order valence-corrected chi connectivity index (χ3v) is 16.7. The Morgan fingerprint density at radius 1 is 0.438 bits per heavy atom. The Morgan fingerprint density at radius 3 is 1.29 bits per heavy atom. The summed E-state index contributed by atoms with van der Waals surface area (Å²) in [7, 11) is 0. The second kappa shape index (κ2) is 8.79. The van der Waals surface area contributed by atoms with Crippen molar-refractivity contribution in [2.24, 2.45) is 71.0 Å². The molecule has 4 bridgehead atoms. The third-order valence-electron chi connectivity index (χ3n) is 16.7. The Hall–Kier alpha value is -3.52. The van der Waals surface area contributed by atoms with Gasteiger partial charge in [-0.3, -0.25) is 0 Å². The van der Waals surface area contributed by atoms with Crippen LogP contribution in [0, 0.1) is 71.0 Å². The molecule has 7 fully saturated rings. The fourth-order valence-corrected chi connectivity index (χ4v) is 15.9. The van der Waals surface area contributed by atoms with Gasteiger partial charge < -0.3 is 9.13 Å². The van der Waals surface area contributed by atoms with E-state index in [0.29, 0.717) is 0 Å². The highest BCUT2D eigenvalue weighted by molar-refractivity contribution is 6.09. The molecular formula is C46H46N2. The van der Waals surface area contributed by atoms with Crippen LogP contribution in [-0.4, -0.2) is 9.13 Å². The molecule has 2 heteroatoms. The van der Waals surface area contributed by atoms with Crippen LogP contribution < -0.4 is 0 Å². The zero-order chi connectivity index (χ0) is 31.2. The van der Waals surface area contributed by atoms with E-state index >= 15 is 0 Å². The minimum atomic E-state index is 0.794. The Kier molecular flexibility index (Phi) is 4.83. The molecule has 6 aromatic rings. The summed E-state index contributed by atoms with van der Waals surface area (Å²) < 4.78 is 5.09. The van der Waals surface area contributed by atoms with Gasteiger partial charge in [0.1, 0.15) is 0 Å². The molecule has 13 rings (SSSR count). The smallest absolute Gasteiger partial charge is 0.0491 e. The fourth-order valence-electron chi connectivity index (χ4n) is 15.9. The number of rotatable bonds is 4. The van der Waals surface area contributed by atoms with Crippen molar-refractivity contribution in [3.05, 3.63) is 96.1 Å². The lowest BCUT2D eigenvalue weighted by molar-refractivity contribution is -0.0600. The highest BCUT2D eigenvalue weighted by Crippen LogP contribution is 2.91. The van der Waals surface area contributed by atoms with Gasteiger partial charge in [0, 0.05) is 56.7 Å². The average Bonchev–Trinajstić information content (AvgIpc) is 3.56. The molecule has 14 atom stereocenters. The number of fused-ring (bicyclic) bond motifs is 12. The van der Waals surface area contributed by atoms with E-state index in [9.17, 15) is 0 Å². The molecule has 0 aliphatic heterocycles. The van der Waals surface area contributed by atoms with Crippen LogP contribution in [0.4, 0.5) is 0 Å². The summed E-state index contributed by atoms with van der Waals surface area (Å²) in [4.78, 5) is 0. The summed E-state index contributed by atoms with van der Waals surface area (Å²) >= 11 is 0. The van der Waals surface area contributed by atoms with Crippen LogP contribution in [0.15, 0.2) is 84.9 Å². The van der Waals surface area contributed by atoms with Gasteiger partial charge in [-0.1, -0.05) is 61.4 Å². The highest BCUT2D eigenvalue weighted by atomic mass is 15.0. The molecule has 48 heavy (non-hydrogen) atoms. The minimum absolute atomic E-state index is 0.794. The van der Waals surface area contributed by atoms with Gasteiger partial charge in [0.25, 0.3) is 0 Å². The van der Waals surface area contributed by atoms with Gasteiger partial charge in [0.05, 0.1) is 0 Å². The quantitative estimate of drug-likeness (QED) is 0.184. The summed E-state index contributed by atoms with van der Waals surface area (Å²) in [5, 5.41) is 5.93. The van der Waals surface area contributed by atoms with Gasteiger partial charge >= 0.3 is 0 Å². The summed E-state index contributed by atoms with van der Waals surface area (Å²) in [5.41, 5.74) is 9.11. The number of para-hydroxylation sites is 2. The molecule has 4 aromatic carbocycles. The van der Waals surface area contributed by atoms with E-state index in [1.807, 2.05) is 0 Å². The second-order valence-electron chi connectivity index (χ2n) is 17.5. The van der Waals surface area contributed by atoms with Crippen molar-refractivity contribution in [1.82, 2.24) is 9.13 Å². The molecule has 2 nitrogen and oxygen atoms in total. The average molecular weight is 627 g/mol. The molecular weight excluding hydrogens is 581 g/mol. The van der Waals surface area contributed by atoms with Crippen molar-refractivity contribution in [3.63, 3.8) is 0 Å². The van der Waals surface area contributed by atoms with Crippen molar-refractivity contribution < 1.29 is 0 Å². The molecule has 0 N–H and O–H groups in total. The first-order valence-electron chi connectivity index (χ1n) is 19.8. The number of aromatic nitrogens is 2. The summed E-state index contributed by atoms with van der Waals surface area (Å²) in [5.74, 6) is 13.4. The van der Waals surface area contributed by atoms with Crippen molar-refractivity contribution in [3.8, 4) is 0 Å². The maximum absolute atomic E-state index is 2.72. The maximum atomic E-state index is 2.72. The van der Waals surface area contributed by atoms with Gasteiger partial charge in [0.15, 0.2) is 0 Å². The first-order valence-corrected chi connectivity index (χ1v) is 19.8. The van der Waals surface area contributed by atoms with Crippen LogP contribution in [-0.2, 0) is 13.1 Å². The summed E-state index contributed by atoms with van der Waals surface area (Å²) in [6.07, 6.45) is 6.06. The van der Waals surface area contributed by atoms with Crippen LogP contribution >= 0.6 is 0 Å². The molecule has 240 valence electrons. The standard InChI is InChI=1S/C46H46N2/c1-3-47-31-15-9-7-11-25(31)29-21-23(17-19-33(29)47)35-39-37-27-13-5-6-14-28(27)38(39)44-41-36(42-45(46(41)42)40(35)43(37)44)24-18-20-34-30(22-24)26-12-8-10-16-32(26)48(34)4-2/h7-12,15-22,27-28,35-46H,3-6,13-14H2,1-2H3. The van der Waals surface area contributed by atoms with Crippen LogP contribution in [0.25, 0.3) is 43.6 Å². The van der Waals surface area contributed by atoms with Crippen LogP contribution in [0.5, 0.6) is 0 Å². The SMILES string of the molecule is CCn1c2ccccc2c2cc(C3C4C5C6CCCCC6C4C4C6C(c7ccc8c(c7)c7ccccc7n8CC)C7C(C3C54)C67)ccc21. The zero-order valence-corrected chi connectivity index (χ0v) is 28.3. The van der Waals surface area contributed by atoms with E-state index in [0.717, 1.165) is 95.9 Å².